The van der Waals surface area contributed by atoms with Crippen LogP contribution < -0.4 is 0 Å². The van der Waals surface area contributed by atoms with Gasteiger partial charge in [0.05, 0.1) is 0 Å². The summed E-state index contributed by atoms with van der Waals surface area (Å²) in [4.78, 5) is 13.4. The standard InChI is InChI=1S/C14H14N4/c1-10(2)18-13-12(7-5-9-16-13)17-14(18)11-6-3-4-8-15-11/h3-10H,1-2H3. The predicted molar refractivity (Wildman–Crippen MR) is 71.1 cm³/mol. The topological polar surface area (TPSA) is 43.6 Å². The predicted octanol–water partition coefficient (Wildman–Crippen LogP) is 3.07. The molecule has 0 saturated heterocycles. The maximum atomic E-state index is 4.64. The molecule has 0 atom stereocenters. The van der Waals surface area contributed by atoms with E-state index in [2.05, 4.69) is 33.4 Å². The molecule has 3 aromatic rings. The molecule has 18 heavy (non-hydrogen) atoms. The Labute approximate surface area is 105 Å². The van der Waals surface area contributed by atoms with Crippen molar-refractivity contribution in [2.45, 2.75) is 19.9 Å². The minimum atomic E-state index is 0.293. The average Bonchev–Trinajstić information content (AvgIpc) is 2.79. The van der Waals surface area contributed by atoms with E-state index in [9.17, 15) is 0 Å². The van der Waals surface area contributed by atoms with Crippen LogP contribution in [0.2, 0.25) is 0 Å². The lowest BCUT2D eigenvalue weighted by Crippen LogP contribution is -2.04. The summed E-state index contributed by atoms with van der Waals surface area (Å²) in [5.74, 6) is 0.874. The third-order valence-electron chi connectivity index (χ3n) is 2.86. The first-order valence-corrected chi connectivity index (χ1v) is 6.01. The highest BCUT2D eigenvalue weighted by molar-refractivity contribution is 5.76. The molecule has 3 heterocycles. The van der Waals surface area contributed by atoms with Crippen LogP contribution in [-0.4, -0.2) is 19.5 Å². The van der Waals surface area contributed by atoms with Gasteiger partial charge in [-0.1, -0.05) is 6.07 Å². The highest BCUT2D eigenvalue weighted by atomic mass is 15.2. The Kier molecular flexibility index (Phi) is 2.55. The van der Waals surface area contributed by atoms with Crippen molar-refractivity contribution in [1.82, 2.24) is 19.5 Å². The van der Waals surface area contributed by atoms with Gasteiger partial charge in [0.25, 0.3) is 0 Å². The Balaban J connectivity index is 2.32. The van der Waals surface area contributed by atoms with E-state index in [-0.39, 0.29) is 0 Å². The first-order chi connectivity index (χ1) is 8.77. The molecule has 4 heteroatoms. The van der Waals surface area contributed by atoms with Crippen molar-refractivity contribution < 1.29 is 0 Å². The Hall–Kier alpha value is -2.23. The fraction of sp³-hybridized carbons (Fsp3) is 0.214. The maximum Gasteiger partial charge on any atom is 0.161 e. The van der Waals surface area contributed by atoms with Gasteiger partial charge in [-0.3, -0.25) is 4.98 Å². The summed E-state index contributed by atoms with van der Waals surface area (Å²) < 4.78 is 2.12. The van der Waals surface area contributed by atoms with E-state index in [0.29, 0.717) is 6.04 Å². The Morgan fingerprint density at radius 3 is 2.56 bits per heavy atom. The Bertz CT molecular complexity index is 671. The molecule has 0 amide bonds. The van der Waals surface area contributed by atoms with Crippen molar-refractivity contribution in [3.8, 4) is 11.5 Å². The molecular weight excluding hydrogens is 224 g/mol. The minimum absolute atomic E-state index is 0.293. The van der Waals surface area contributed by atoms with Crippen molar-refractivity contribution in [2.24, 2.45) is 0 Å². The number of nitrogens with zero attached hydrogens (tertiary/aromatic N) is 4. The molecular formula is C14H14N4. The minimum Gasteiger partial charge on any atom is -0.305 e. The fourth-order valence-corrected chi connectivity index (χ4v) is 2.09. The monoisotopic (exact) mass is 238 g/mol. The quantitative estimate of drug-likeness (QED) is 0.689. The smallest absolute Gasteiger partial charge is 0.161 e. The van der Waals surface area contributed by atoms with Gasteiger partial charge < -0.3 is 4.57 Å². The molecule has 0 radical (unpaired) electrons. The largest absolute Gasteiger partial charge is 0.305 e. The Morgan fingerprint density at radius 1 is 1.00 bits per heavy atom. The molecule has 3 rings (SSSR count). The van der Waals surface area contributed by atoms with Crippen LogP contribution in [0.4, 0.5) is 0 Å². The summed E-state index contributed by atoms with van der Waals surface area (Å²) in [6.07, 6.45) is 3.58. The van der Waals surface area contributed by atoms with Crippen molar-refractivity contribution >= 4 is 11.2 Å². The van der Waals surface area contributed by atoms with E-state index in [4.69, 9.17) is 0 Å². The summed E-state index contributed by atoms with van der Waals surface area (Å²) in [6.45, 7) is 4.25. The second kappa shape index (κ2) is 4.22. The number of aromatic nitrogens is 4. The second-order valence-corrected chi connectivity index (χ2v) is 4.46. The van der Waals surface area contributed by atoms with Gasteiger partial charge in [0.2, 0.25) is 0 Å². The van der Waals surface area contributed by atoms with E-state index < -0.39 is 0 Å². The second-order valence-electron chi connectivity index (χ2n) is 4.46. The van der Waals surface area contributed by atoms with Crippen LogP contribution in [0.1, 0.15) is 19.9 Å². The van der Waals surface area contributed by atoms with Crippen LogP contribution in [0.15, 0.2) is 42.7 Å². The van der Waals surface area contributed by atoms with E-state index in [0.717, 1.165) is 22.7 Å². The molecule has 0 bridgehead atoms. The molecule has 90 valence electrons. The van der Waals surface area contributed by atoms with E-state index in [1.165, 1.54) is 0 Å². The van der Waals surface area contributed by atoms with Crippen molar-refractivity contribution in [3.05, 3.63) is 42.7 Å². The van der Waals surface area contributed by atoms with Crippen molar-refractivity contribution in [2.75, 3.05) is 0 Å². The third-order valence-corrected chi connectivity index (χ3v) is 2.86. The summed E-state index contributed by atoms with van der Waals surface area (Å²) in [5.41, 5.74) is 2.70. The fourth-order valence-electron chi connectivity index (χ4n) is 2.09. The molecule has 0 spiro atoms. The van der Waals surface area contributed by atoms with Crippen molar-refractivity contribution in [1.29, 1.82) is 0 Å². The highest BCUT2D eigenvalue weighted by Gasteiger charge is 2.15. The molecule has 0 aliphatic heterocycles. The molecule has 4 nitrogen and oxygen atoms in total. The molecule has 0 aliphatic carbocycles. The third kappa shape index (κ3) is 1.66. The van der Waals surface area contributed by atoms with Gasteiger partial charge >= 0.3 is 0 Å². The highest BCUT2D eigenvalue weighted by Crippen LogP contribution is 2.25. The number of hydrogen-bond donors (Lipinski definition) is 0. The number of pyridine rings is 2. The summed E-state index contributed by atoms with van der Waals surface area (Å²) in [6, 6.07) is 10.0. The van der Waals surface area contributed by atoms with Crippen LogP contribution >= 0.6 is 0 Å². The molecule has 0 aromatic carbocycles. The van der Waals surface area contributed by atoms with Gasteiger partial charge in [-0.2, -0.15) is 0 Å². The van der Waals surface area contributed by atoms with Gasteiger partial charge in [0.1, 0.15) is 11.2 Å². The SMILES string of the molecule is CC(C)n1c(-c2ccccn2)nc2cccnc21. The zero-order chi connectivity index (χ0) is 12.5. The van der Waals surface area contributed by atoms with Crippen LogP contribution in [0.5, 0.6) is 0 Å². The van der Waals surface area contributed by atoms with Crippen LogP contribution in [0, 0.1) is 0 Å². The normalized spacial score (nSPS) is 11.3. The number of rotatable bonds is 2. The van der Waals surface area contributed by atoms with Crippen LogP contribution in [0.25, 0.3) is 22.7 Å². The molecule has 0 unspecified atom stereocenters. The lowest BCUT2D eigenvalue weighted by molar-refractivity contribution is 0.618. The van der Waals surface area contributed by atoms with E-state index >= 15 is 0 Å². The summed E-state index contributed by atoms with van der Waals surface area (Å²) in [5, 5.41) is 0. The maximum absolute atomic E-state index is 4.64. The number of fused-ring (bicyclic) bond motifs is 1. The van der Waals surface area contributed by atoms with E-state index in [1.807, 2.05) is 30.3 Å². The van der Waals surface area contributed by atoms with Crippen molar-refractivity contribution in [3.63, 3.8) is 0 Å². The van der Waals surface area contributed by atoms with E-state index in [1.54, 1.807) is 12.4 Å². The Morgan fingerprint density at radius 2 is 1.83 bits per heavy atom. The lowest BCUT2D eigenvalue weighted by Gasteiger charge is -2.11. The van der Waals surface area contributed by atoms with Gasteiger partial charge in [-0.05, 0) is 38.1 Å². The molecule has 0 saturated carbocycles. The van der Waals surface area contributed by atoms with Crippen LogP contribution in [0.3, 0.4) is 0 Å². The van der Waals surface area contributed by atoms with Gasteiger partial charge in [-0.15, -0.1) is 0 Å². The molecule has 0 aliphatic rings. The zero-order valence-electron chi connectivity index (χ0n) is 10.4. The molecule has 3 aromatic heterocycles. The van der Waals surface area contributed by atoms with Gasteiger partial charge in [0.15, 0.2) is 11.5 Å². The van der Waals surface area contributed by atoms with Gasteiger partial charge in [-0.25, -0.2) is 9.97 Å². The summed E-state index contributed by atoms with van der Waals surface area (Å²) >= 11 is 0. The number of hydrogen-bond acceptors (Lipinski definition) is 3. The van der Waals surface area contributed by atoms with Crippen LogP contribution in [-0.2, 0) is 0 Å². The first kappa shape index (κ1) is 10.9. The molecule has 0 N–H and O–H groups in total. The average molecular weight is 238 g/mol. The lowest BCUT2D eigenvalue weighted by atomic mass is 10.3. The zero-order valence-corrected chi connectivity index (χ0v) is 10.4. The molecule has 0 fully saturated rings. The summed E-state index contributed by atoms with van der Waals surface area (Å²) in [7, 11) is 0. The van der Waals surface area contributed by atoms with Gasteiger partial charge in [0, 0.05) is 18.4 Å². The first-order valence-electron chi connectivity index (χ1n) is 6.01. The number of imidazole rings is 1.